The maximum Gasteiger partial charge on any atom is 0.252 e. The normalized spacial score (nSPS) is 11.3. The van der Waals surface area contributed by atoms with E-state index in [0.29, 0.717) is 18.0 Å². The number of pyridine rings is 1. The van der Waals surface area contributed by atoms with Crippen LogP contribution in [-0.4, -0.2) is 27.2 Å². The lowest BCUT2D eigenvalue weighted by Gasteiger charge is -2.11. The molecule has 0 aliphatic heterocycles. The van der Waals surface area contributed by atoms with Gasteiger partial charge in [0.2, 0.25) is 0 Å². The molecular weight excluding hydrogens is 396 g/mol. The van der Waals surface area contributed by atoms with Crippen molar-refractivity contribution in [3.8, 4) is 16.9 Å². The summed E-state index contributed by atoms with van der Waals surface area (Å²) in [5.41, 5.74) is 6.43. The zero-order chi connectivity index (χ0) is 22.7. The van der Waals surface area contributed by atoms with Crippen molar-refractivity contribution in [2.75, 3.05) is 6.54 Å². The molecule has 0 bridgehead atoms. The third kappa shape index (κ3) is 4.28. The molecule has 0 atom stereocenters. The molecule has 0 spiro atoms. The minimum absolute atomic E-state index is 0.0624. The molecule has 1 amide bonds. The number of nitrogens with one attached hydrogen (secondary N) is 1. The van der Waals surface area contributed by atoms with Gasteiger partial charge in [0.05, 0.1) is 34.4 Å². The van der Waals surface area contributed by atoms with Crippen molar-refractivity contribution < 1.29 is 4.79 Å². The summed E-state index contributed by atoms with van der Waals surface area (Å²) in [6, 6.07) is 18.2. The summed E-state index contributed by atoms with van der Waals surface area (Å²) in [6.45, 7) is 9.20. The molecule has 0 saturated heterocycles. The molecular formula is C27H30N4O. The molecule has 1 N–H and O–H groups in total. The number of unbranched alkanes of at least 4 members (excludes halogenated alkanes) is 1. The Kier molecular flexibility index (Phi) is 6.35. The van der Waals surface area contributed by atoms with E-state index in [-0.39, 0.29) is 5.91 Å². The molecule has 0 radical (unpaired) electrons. The zero-order valence-corrected chi connectivity index (χ0v) is 19.2. The Labute approximate surface area is 189 Å². The van der Waals surface area contributed by atoms with E-state index in [1.807, 2.05) is 48.1 Å². The Balaban J connectivity index is 1.75. The van der Waals surface area contributed by atoms with Crippen molar-refractivity contribution in [2.24, 2.45) is 0 Å². The lowest BCUT2D eigenvalue weighted by atomic mass is 10.0. The Hall–Kier alpha value is -3.47. The first-order valence-electron chi connectivity index (χ1n) is 11.3. The minimum atomic E-state index is -0.0624. The largest absolute Gasteiger partial charge is 0.352 e. The van der Waals surface area contributed by atoms with Gasteiger partial charge in [0.1, 0.15) is 0 Å². The van der Waals surface area contributed by atoms with Gasteiger partial charge in [0.15, 0.2) is 0 Å². The molecule has 2 aromatic carbocycles. The van der Waals surface area contributed by atoms with E-state index >= 15 is 0 Å². The van der Waals surface area contributed by atoms with Crippen LogP contribution in [0.5, 0.6) is 0 Å². The number of hydrogen-bond acceptors (Lipinski definition) is 3. The average Bonchev–Trinajstić information content (AvgIpc) is 3.19. The summed E-state index contributed by atoms with van der Waals surface area (Å²) in [5, 5.41) is 8.53. The van der Waals surface area contributed by atoms with Crippen LogP contribution >= 0.6 is 0 Å². The van der Waals surface area contributed by atoms with Crippen molar-refractivity contribution >= 4 is 16.8 Å². The summed E-state index contributed by atoms with van der Waals surface area (Å²) in [6.07, 6.45) is 3.84. The molecule has 5 heteroatoms. The van der Waals surface area contributed by atoms with Gasteiger partial charge in [-0.1, -0.05) is 57.5 Å². The molecule has 0 saturated carbocycles. The van der Waals surface area contributed by atoms with Gasteiger partial charge in [-0.3, -0.25) is 4.79 Å². The monoisotopic (exact) mass is 426 g/mol. The molecule has 164 valence electrons. The van der Waals surface area contributed by atoms with Gasteiger partial charge in [0.25, 0.3) is 5.91 Å². The van der Waals surface area contributed by atoms with E-state index in [2.05, 4.69) is 55.5 Å². The fourth-order valence-corrected chi connectivity index (χ4v) is 3.90. The number of amides is 1. The summed E-state index contributed by atoms with van der Waals surface area (Å²) in [4.78, 5) is 17.8. The Morgan fingerprint density at radius 1 is 1.09 bits per heavy atom. The molecule has 2 heterocycles. The first-order chi connectivity index (χ1) is 15.5. The van der Waals surface area contributed by atoms with Gasteiger partial charge in [-0.25, -0.2) is 9.67 Å². The highest BCUT2D eigenvalue weighted by molar-refractivity contribution is 6.07. The first-order valence-corrected chi connectivity index (χ1v) is 11.3. The number of nitrogens with zero attached hydrogens (tertiary/aromatic N) is 3. The number of carbonyl (C=O) groups excluding carboxylic acids is 1. The Morgan fingerprint density at radius 3 is 2.56 bits per heavy atom. The molecule has 2 aromatic heterocycles. The standard InChI is InChI=1S/C27H30N4O/c1-5-6-15-28-27(32)23-16-26(30-25-10-8-7-9-22(23)25)24-17-29-31(19(24)4)21-13-11-20(12-14-21)18(2)3/h7-14,16-18H,5-6,15H2,1-4H3,(H,28,32). The van der Waals surface area contributed by atoms with Gasteiger partial charge >= 0.3 is 0 Å². The average molecular weight is 427 g/mol. The van der Waals surface area contributed by atoms with Crippen LogP contribution in [0.15, 0.2) is 60.8 Å². The second kappa shape index (κ2) is 9.35. The van der Waals surface area contributed by atoms with E-state index in [1.54, 1.807) is 0 Å². The summed E-state index contributed by atoms with van der Waals surface area (Å²) in [5.74, 6) is 0.426. The predicted octanol–water partition coefficient (Wildman–Crippen LogP) is 6.05. The highest BCUT2D eigenvalue weighted by Crippen LogP contribution is 2.28. The number of fused-ring (bicyclic) bond motifs is 1. The molecule has 0 unspecified atom stereocenters. The molecule has 0 aliphatic carbocycles. The number of para-hydroxylation sites is 1. The second-order valence-corrected chi connectivity index (χ2v) is 8.48. The van der Waals surface area contributed by atoms with Crippen LogP contribution in [-0.2, 0) is 0 Å². The van der Waals surface area contributed by atoms with Gasteiger partial charge in [-0.15, -0.1) is 0 Å². The molecule has 4 rings (SSSR count). The molecule has 32 heavy (non-hydrogen) atoms. The highest BCUT2D eigenvalue weighted by atomic mass is 16.1. The topological polar surface area (TPSA) is 59.8 Å². The number of rotatable bonds is 7. The lowest BCUT2D eigenvalue weighted by Crippen LogP contribution is -2.24. The summed E-state index contributed by atoms with van der Waals surface area (Å²) >= 11 is 0. The third-order valence-electron chi connectivity index (χ3n) is 5.87. The van der Waals surface area contributed by atoms with Crippen molar-refractivity contribution in [3.63, 3.8) is 0 Å². The second-order valence-electron chi connectivity index (χ2n) is 8.48. The van der Waals surface area contributed by atoms with E-state index in [4.69, 9.17) is 4.98 Å². The van der Waals surface area contributed by atoms with Crippen molar-refractivity contribution in [1.29, 1.82) is 0 Å². The van der Waals surface area contributed by atoms with Crippen molar-refractivity contribution in [2.45, 2.75) is 46.5 Å². The van der Waals surface area contributed by atoms with Crippen molar-refractivity contribution in [3.05, 3.63) is 77.6 Å². The number of benzene rings is 2. The van der Waals surface area contributed by atoms with Crippen LogP contribution in [0.2, 0.25) is 0 Å². The zero-order valence-electron chi connectivity index (χ0n) is 19.2. The van der Waals surface area contributed by atoms with Crippen LogP contribution < -0.4 is 5.32 Å². The third-order valence-corrected chi connectivity index (χ3v) is 5.87. The van der Waals surface area contributed by atoms with E-state index < -0.39 is 0 Å². The number of aromatic nitrogens is 3. The number of carbonyl (C=O) groups is 1. The van der Waals surface area contributed by atoms with E-state index in [0.717, 1.165) is 46.4 Å². The Morgan fingerprint density at radius 2 is 1.84 bits per heavy atom. The van der Waals surface area contributed by atoms with Gasteiger partial charge < -0.3 is 5.32 Å². The molecule has 5 nitrogen and oxygen atoms in total. The quantitative estimate of drug-likeness (QED) is 0.366. The summed E-state index contributed by atoms with van der Waals surface area (Å²) in [7, 11) is 0. The SMILES string of the molecule is CCCCNC(=O)c1cc(-c2cnn(-c3ccc(C(C)C)cc3)c2C)nc2ccccc12. The minimum Gasteiger partial charge on any atom is -0.352 e. The van der Waals surface area contributed by atoms with Crippen LogP contribution in [0.3, 0.4) is 0 Å². The van der Waals surface area contributed by atoms with E-state index in [1.165, 1.54) is 5.56 Å². The fourth-order valence-electron chi connectivity index (χ4n) is 3.90. The smallest absolute Gasteiger partial charge is 0.252 e. The predicted molar refractivity (Wildman–Crippen MR) is 130 cm³/mol. The van der Waals surface area contributed by atoms with Gasteiger partial charge in [-0.2, -0.15) is 5.10 Å². The van der Waals surface area contributed by atoms with Gasteiger partial charge in [-0.05, 0) is 49.1 Å². The first kappa shape index (κ1) is 21.8. The highest BCUT2D eigenvalue weighted by Gasteiger charge is 2.17. The number of hydrogen-bond donors (Lipinski definition) is 1. The molecule has 4 aromatic rings. The maximum atomic E-state index is 13.0. The Bertz CT molecular complexity index is 1240. The van der Waals surface area contributed by atoms with Crippen LogP contribution in [0, 0.1) is 6.92 Å². The van der Waals surface area contributed by atoms with Crippen LogP contribution in [0.25, 0.3) is 27.8 Å². The fraction of sp³-hybridized carbons (Fsp3) is 0.296. The van der Waals surface area contributed by atoms with Crippen LogP contribution in [0.1, 0.15) is 61.1 Å². The van der Waals surface area contributed by atoms with Gasteiger partial charge in [0, 0.05) is 17.5 Å². The maximum absolute atomic E-state index is 13.0. The molecule has 0 fully saturated rings. The molecule has 0 aliphatic rings. The van der Waals surface area contributed by atoms with Crippen LogP contribution in [0.4, 0.5) is 0 Å². The van der Waals surface area contributed by atoms with Crippen molar-refractivity contribution in [1.82, 2.24) is 20.1 Å². The lowest BCUT2D eigenvalue weighted by molar-refractivity contribution is 0.0955. The summed E-state index contributed by atoms with van der Waals surface area (Å²) < 4.78 is 1.93. The van der Waals surface area contributed by atoms with E-state index in [9.17, 15) is 4.79 Å².